The van der Waals surface area contributed by atoms with E-state index in [-0.39, 0.29) is 36.2 Å². The number of fused-ring (bicyclic) bond motifs is 1. The van der Waals surface area contributed by atoms with Gasteiger partial charge in [0.1, 0.15) is 12.3 Å². The van der Waals surface area contributed by atoms with Crippen molar-refractivity contribution >= 4 is 28.7 Å². The third-order valence-electron chi connectivity index (χ3n) is 7.07. The van der Waals surface area contributed by atoms with Crippen LogP contribution in [-0.4, -0.2) is 41.0 Å². The lowest BCUT2D eigenvalue weighted by molar-refractivity contribution is 0.0690. The fourth-order valence-corrected chi connectivity index (χ4v) is 4.97. The Balaban J connectivity index is 1.49. The van der Waals surface area contributed by atoms with E-state index in [2.05, 4.69) is 10.6 Å². The van der Waals surface area contributed by atoms with Crippen LogP contribution in [0.5, 0.6) is 5.75 Å². The summed E-state index contributed by atoms with van der Waals surface area (Å²) in [4.78, 5) is 43.3. The first-order chi connectivity index (χ1) is 21.0. The molecule has 3 N–H and O–H groups in total. The Kier molecular flexibility index (Phi) is 9.07. The van der Waals surface area contributed by atoms with E-state index in [4.69, 9.17) is 9.72 Å². The molecule has 8 heteroatoms. The minimum absolute atomic E-state index is 0.0109. The van der Waals surface area contributed by atoms with E-state index in [0.29, 0.717) is 34.3 Å². The van der Waals surface area contributed by atoms with E-state index in [0.717, 1.165) is 11.1 Å². The molecule has 5 rings (SSSR count). The molecule has 0 aliphatic rings. The second kappa shape index (κ2) is 13.4. The zero-order valence-electron chi connectivity index (χ0n) is 23.6. The summed E-state index contributed by atoms with van der Waals surface area (Å²) in [6.45, 7) is 2.09. The Labute approximate surface area is 249 Å². The van der Waals surface area contributed by atoms with Crippen LogP contribution in [-0.2, 0) is 0 Å². The highest BCUT2D eigenvalue weighted by Gasteiger charge is 2.25. The number of carboxylic acids is 1. The molecule has 0 radical (unpaired) electrons. The summed E-state index contributed by atoms with van der Waals surface area (Å²) >= 11 is 0. The summed E-state index contributed by atoms with van der Waals surface area (Å²) in [6, 6.07) is 32.5. The maximum Gasteiger partial charge on any atom is 0.336 e. The molecule has 8 nitrogen and oxygen atoms in total. The van der Waals surface area contributed by atoms with Crippen LogP contribution in [0, 0.1) is 0 Å². The summed E-state index contributed by atoms with van der Waals surface area (Å²) in [7, 11) is 0. The molecule has 1 heterocycles. The van der Waals surface area contributed by atoms with Gasteiger partial charge in [0.2, 0.25) is 0 Å². The molecule has 0 saturated carbocycles. The molecule has 216 valence electrons. The van der Waals surface area contributed by atoms with Crippen LogP contribution in [0.25, 0.3) is 22.2 Å². The van der Waals surface area contributed by atoms with Gasteiger partial charge < -0.3 is 20.5 Å². The molecule has 0 aliphatic carbocycles. The van der Waals surface area contributed by atoms with E-state index in [9.17, 15) is 19.5 Å². The van der Waals surface area contributed by atoms with Crippen molar-refractivity contribution in [1.82, 2.24) is 15.6 Å². The number of rotatable bonds is 11. The number of nitrogens with one attached hydrogen (secondary N) is 2. The fourth-order valence-electron chi connectivity index (χ4n) is 4.97. The fraction of sp³-hybridized carbons (Fsp3) is 0.143. The van der Waals surface area contributed by atoms with Crippen LogP contribution < -0.4 is 15.4 Å². The average Bonchev–Trinajstić information content (AvgIpc) is 3.05. The van der Waals surface area contributed by atoms with Crippen LogP contribution in [0.15, 0.2) is 109 Å². The van der Waals surface area contributed by atoms with Crippen molar-refractivity contribution in [2.24, 2.45) is 0 Å². The lowest BCUT2D eigenvalue weighted by atomic mass is 10.00. The van der Waals surface area contributed by atoms with Gasteiger partial charge in [0.25, 0.3) is 11.8 Å². The number of aromatic nitrogens is 1. The number of aromatic carboxylic acids is 1. The molecular weight excluding hydrogens is 542 g/mol. The average molecular weight is 574 g/mol. The Morgan fingerprint density at radius 3 is 2.12 bits per heavy atom. The van der Waals surface area contributed by atoms with Crippen LogP contribution in [0.2, 0.25) is 0 Å². The lowest BCUT2D eigenvalue weighted by Gasteiger charge is -2.21. The van der Waals surface area contributed by atoms with Crippen molar-refractivity contribution < 1.29 is 24.2 Å². The predicted molar refractivity (Wildman–Crippen MR) is 165 cm³/mol. The number of carbonyl (C=O) groups excluding carboxylic acids is 2. The quantitative estimate of drug-likeness (QED) is 0.160. The van der Waals surface area contributed by atoms with Crippen molar-refractivity contribution in [1.29, 1.82) is 0 Å². The number of amides is 2. The first-order valence-corrected chi connectivity index (χ1v) is 14.0. The van der Waals surface area contributed by atoms with Crippen LogP contribution in [0.3, 0.4) is 0 Å². The van der Waals surface area contributed by atoms with Gasteiger partial charge in [-0.25, -0.2) is 9.78 Å². The summed E-state index contributed by atoms with van der Waals surface area (Å²) < 4.78 is 6.28. The zero-order valence-corrected chi connectivity index (χ0v) is 23.6. The number of hydrogen-bond acceptors (Lipinski definition) is 5. The van der Waals surface area contributed by atoms with Crippen LogP contribution in [0.4, 0.5) is 0 Å². The van der Waals surface area contributed by atoms with Gasteiger partial charge >= 0.3 is 5.97 Å². The number of carboxylic acid groups (broad SMARTS) is 1. The molecule has 0 unspecified atom stereocenters. The molecule has 4 aromatic carbocycles. The Bertz CT molecular complexity index is 1760. The minimum atomic E-state index is -1.19. The van der Waals surface area contributed by atoms with Gasteiger partial charge in [-0.15, -0.1) is 0 Å². The molecule has 0 aliphatic heterocycles. The normalized spacial score (nSPS) is 11.5. The SMILES string of the molecule is CC[C@H](NC(=O)c1c(OCCNC(=O)c2ccccc2C(=O)O)c(-c2ccccc2)nc2ccccc12)c1ccccc1. The molecule has 2 amide bonds. The first kappa shape index (κ1) is 29.0. The van der Waals surface area contributed by atoms with Crippen molar-refractivity contribution in [3.05, 3.63) is 131 Å². The first-order valence-electron chi connectivity index (χ1n) is 14.0. The molecular formula is C35H31N3O5. The molecule has 1 aromatic heterocycles. The van der Waals surface area contributed by atoms with Crippen LogP contribution >= 0.6 is 0 Å². The number of pyridine rings is 1. The van der Waals surface area contributed by atoms with Gasteiger partial charge in [0, 0.05) is 10.9 Å². The standard InChI is InChI=1S/C35H31N3O5/c1-2-28(23-13-5-3-6-14-23)38-34(40)30-27-19-11-12-20-29(27)37-31(24-15-7-4-8-16-24)32(30)43-22-21-36-33(39)25-17-9-10-18-26(25)35(41)42/h3-20,28H,2,21-22H2,1H3,(H,36,39)(H,38,40)(H,41,42)/t28-/m0/s1. The Morgan fingerprint density at radius 2 is 1.42 bits per heavy atom. The second-order valence-corrected chi connectivity index (χ2v) is 9.85. The molecule has 0 fully saturated rings. The van der Waals surface area contributed by atoms with Gasteiger partial charge in [-0.3, -0.25) is 9.59 Å². The van der Waals surface area contributed by atoms with Crippen molar-refractivity contribution in [2.75, 3.05) is 13.2 Å². The molecule has 5 aromatic rings. The Morgan fingerprint density at radius 1 is 0.791 bits per heavy atom. The summed E-state index contributed by atoms with van der Waals surface area (Å²) in [5.74, 6) is -1.73. The molecule has 0 spiro atoms. The van der Waals surface area contributed by atoms with E-state index in [1.54, 1.807) is 12.1 Å². The van der Waals surface area contributed by atoms with E-state index in [1.807, 2.05) is 91.9 Å². The van der Waals surface area contributed by atoms with Gasteiger partial charge in [0.15, 0.2) is 5.75 Å². The number of carbonyl (C=O) groups is 3. The van der Waals surface area contributed by atoms with Crippen molar-refractivity contribution in [2.45, 2.75) is 19.4 Å². The summed E-state index contributed by atoms with van der Waals surface area (Å²) in [6.07, 6.45) is 0.685. The Hall–Kier alpha value is -5.50. The lowest BCUT2D eigenvalue weighted by Crippen LogP contribution is -2.31. The molecule has 0 bridgehead atoms. The predicted octanol–water partition coefficient (Wildman–Crippen LogP) is 6.29. The van der Waals surface area contributed by atoms with E-state index >= 15 is 0 Å². The number of benzene rings is 4. The maximum atomic E-state index is 14.1. The van der Waals surface area contributed by atoms with Gasteiger partial charge in [-0.1, -0.05) is 97.9 Å². The van der Waals surface area contributed by atoms with Crippen LogP contribution in [0.1, 0.15) is 56.0 Å². The number of para-hydroxylation sites is 1. The van der Waals surface area contributed by atoms with E-state index < -0.39 is 11.9 Å². The smallest absolute Gasteiger partial charge is 0.336 e. The molecule has 1 atom stereocenters. The third kappa shape index (κ3) is 6.54. The highest BCUT2D eigenvalue weighted by molar-refractivity contribution is 6.10. The number of nitrogens with zero attached hydrogens (tertiary/aromatic N) is 1. The number of ether oxygens (including phenoxy) is 1. The van der Waals surface area contributed by atoms with E-state index in [1.165, 1.54) is 12.1 Å². The highest BCUT2D eigenvalue weighted by atomic mass is 16.5. The van der Waals surface area contributed by atoms with Gasteiger partial charge in [-0.2, -0.15) is 0 Å². The molecule has 43 heavy (non-hydrogen) atoms. The van der Waals surface area contributed by atoms with Crippen molar-refractivity contribution in [3.63, 3.8) is 0 Å². The van der Waals surface area contributed by atoms with Gasteiger partial charge in [-0.05, 0) is 30.2 Å². The maximum absolute atomic E-state index is 14.1. The second-order valence-electron chi connectivity index (χ2n) is 9.85. The highest BCUT2D eigenvalue weighted by Crippen LogP contribution is 2.37. The monoisotopic (exact) mass is 573 g/mol. The largest absolute Gasteiger partial charge is 0.489 e. The topological polar surface area (TPSA) is 118 Å². The number of hydrogen-bond donors (Lipinski definition) is 3. The minimum Gasteiger partial charge on any atom is -0.489 e. The van der Waals surface area contributed by atoms with Crippen molar-refractivity contribution in [3.8, 4) is 17.0 Å². The van der Waals surface area contributed by atoms with Gasteiger partial charge in [0.05, 0.1) is 34.8 Å². The third-order valence-corrected chi connectivity index (χ3v) is 7.07. The summed E-state index contributed by atoms with van der Waals surface area (Å²) in [5, 5.41) is 16.0. The summed E-state index contributed by atoms with van der Waals surface area (Å²) in [5.41, 5.74) is 3.22. The molecule has 0 saturated heterocycles. The zero-order chi connectivity index (χ0) is 30.2.